The van der Waals surface area contributed by atoms with Crippen molar-refractivity contribution < 1.29 is 0 Å². The van der Waals surface area contributed by atoms with Gasteiger partial charge in [-0.3, -0.25) is 0 Å². The Kier molecular flexibility index (Phi) is 4.00. The Labute approximate surface area is 114 Å². The Hall–Kier alpha value is -2.10. The molecule has 0 radical (unpaired) electrons. The zero-order chi connectivity index (χ0) is 13.8. The number of hydrogen-bond donors (Lipinski definition) is 2. The fourth-order valence-electron chi connectivity index (χ4n) is 1.92. The number of rotatable bonds is 4. The molecule has 0 aliphatic rings. The van der Waals surface area contributed by atoms with Gasteiger partial charge in [-0.05, 0) is 30.5 Å². The highest BCUT2D eigenvalue weighted by atomic mass is 15.1. The molecular weight excluding hydrogens is 236 g/mol. The van der Waals surface area contributed by atoms with Crippen LogP contribution in [0, 0.1) is 6.92 Å². The smallest absolute Gasteiger partial charge is 0.138 e. The lowest BCUT2D eigenvalue weighted by Crippen LogP contribution is -2.02. The Morgan fingerprint density at radius 1 is 1.00 bits per heavy atom. The lowest BCUT2D eigenvalue weighted by Gasteiger charge is -2.12. The summed E-state index contributed by atoms with van der Waals surface area (Å²) in [4.78, 5) is 8.45. The van der Waals surface area contributed by atoms with E-state index in [0.717, 1.165) is 22.9 Å². The summed E-state index contributed by atoms with van der Waals surface area (Å²) >= 11 is 0. The summed E-state index contributed by atoms with van der Waals surface area (Å²) in [5.74, 6) is 2.22. The fraction of sp³-hybridized carbons (Fsp3) is 0.333. The van der Waals surface area contributed by atoms with E-state index in [4.69, 9.17) is 0 Å². The molecule has 2 rings (SSSR count). The van der Waals surface area contributed by atoms with Crippen LogP contribution in [0.25, 0.3) is 0 Å². The van der Waals surface area contributed by atoms with Crippen LogP contribution >= 0.6 is 0 Å². The average Bonchev–Trinajstić information content (AvgIpc) is 2.42. The molecule has 0 spiro atoms. The van der Waals surface area contributed by atoms with E-state index < -0.39 is 0 Å². The molecule has 19 heavy (non-hydrogen) atoms. The first-order valence-electron chi connectivity index (χ1n) is 6.48. The molecule has 0 bridgehead atoms. The van der Waals surface area contributed by atoms with Gasteiger partial charge >= 0.3 is 0 Å². The summed E-state index contributed by atoms with van der Waals surface area (Å²) in [5, 5.41) is 6.38. The van der Waals surface area contributed by atoms with E-state index in [-0.39, 0.29) is 0 Å². The van der Waals surface area contributed by atoms with Gasteiger partial charge in [0.1, 0.15) is 18.0 Å². The second-order valence-corrected chi connectivity index (χ2v) is 4.85. The number of aromatic nitrogens is 2. The largest absolute Gasteiger partial charge is 0.373 e. The minimum absolute atomic E-state index is 0.547. The quantitative estimate of drug-likeness (QED) is 0.876. The van der Waals surface area contributed by atoms with Gasteiger partial charge in [-0.2, -0.15) is 0 Å². The molecule has 0 amide bonds. The predicted molar refractivity (Wildman–Crippen MR) is 80.1 cm³/mol. The maximum absolute atomic E-state index is 4.28. The highest BCUT2D eigenvalue weighted by Gasteiger charge is 2.06. The van der Waals surface area contributed by atoms with Crippen molar-refractivity contribution in [3.8, 4) is 0 Å². The topological polar surface area (TPSA) is 49.8 Å². The zero-order valence-corrected chi connectivity index (χ0v) is 11.9. The summed E-state index contributed by atoms with van der Waals surface area (Å²) in [6.45, 7) is 6.38. The van der Waals surface area contributed by atoms with Crippen LogP contribution in [0.3, 0.4) is 0 Å². The first-order chi connectivity index (χ1) is 9.11. The molecule has 1 heterocycles. The first kappa shape index (κ1) is 13.3. The number of nitrogens with zero attached hydrogens (tertiary/aromatic N) is 2. The van der Waals surface area contributed by atoms with Crippen LogP contribution < -0.4 is 10.6 Å². The highest BCUT2D eigenvalue weighted by Crippen LogP contribution is 2.23. The maximum Gasteiger partial charge on any atom is 0.138 e. The predicted octanol–water partition coefficient (Wildman–Crippen LogP) is 3.69. The van der Waals surface area contributed by atoms with Gasteiger partial charge in [-0.15, -0.1) is 0 Å². The van der Waals surface area contributed by atoms with Crippen molar-refractivity contribution in [2.75, 3.05) is 17.7 Å². The van der Waals surface area contributed by atoms with E-state index in [1.54, 1.807) is 6.33 Å². The minimum atomic E-state index is 0.547. The van der Waals surface area contributed by atoms with E-state index in [9.17, 15) is 0 Å². The van der Waals surface area contributed by atoms with Crippen LogP contribution in [-0.2, 0) is 0 Å². The van der Waals surface area contributed by atoms with Crippen LogP contribution in [0.1, 0.15) is 30.9 Å². The Morgan fingerprint density at radius 2 is 1.63 bits per heavy atom. The third-order valence-electron chi connectivity index (χ3n) is 3.16. The third kappa shape index (κ3) is 3.02. The number of nitrogens with one attached hydrogen (secondary N) is 2. The SMILES string of the molecule is CNc1ncnc(Nc2ccc(C(C)C)cc2)c1C. The van der Waals surface area contributed by atoms with Crippen molar-refractivity contribution in [2.24, 2.45) is 0 Å². The molecule has 4 nitrogen and oxygen atoms in total. The molecule has 2 N–H and O–H groups in total. The Morgan fingerprint density at radius 3 is 2.21 bits per heavy atom. The second-order valence-electron chi connectivity index (χ2n) is 4.85. The van der Waals surface area contributed by atoms with Crippen molar-refractivity contribution in [2.45, 2.75) is 26.7 Å². The number of hydrogen-bond acceptors (Lipinski definition) is 4. The van der Waals surface area contributed by atoms with Gasteiger partial charge < -0.3 is 10.6 Å². The van der Waals surface area contributed by atoms with Crippen molar-refractivity contribution in [3.05, 3.63) is 41.7 Å². The van der Waals surface area contributed by atoms with Gasteiger partial charge in [-0.1, -0.05) is 26.0 Å². The van der Waals surface area contributed by atoms with Gasteiger partial charge in [0.25, 0.3) is 0 Å². The molecular formula is C15H20N4. The summed E-state index contributed by atoms with van der Waals surface area (Å²) in [5.41, 5.74) is 3.38. The van der Waals surface area contributed by atoms with Gasteiger partial charge in [0.2, 0.25) is 0 Å². The van der Waals surface area contributed by atoms with E-state index in [2.05, 4.69) is 58.7 Å². The summed E-state index contributed by atoms with van der Waals surface area (Å²) < 4.78 is 0. The maximum atomic E-state index is 4.28. The summed E-state index contributed by atoms with van der Waals surface area (Å²) in [6.07, 6.45) is 1.56. The third-order valence-corrected chi connectivity index (χ3v) is 3.16. The standard InChI is InChI=1S/C15H20N4/c1-10(2)12-5-7-13(8-6-12)19-15-11(3)14(16-4)17-9-18-15/h5-10H,1-4H3,(H2,16,17,18,19). The van der Waals surface area contributed by atoms with E-state index in [1.807, 2.05) is 14.0 Å². The van der Waals surface area contributed by atoms with E-state index >= 15 is 0 Å². The molecule has 0 saturated heterocycles. The van der Waals surface area contributed by atoms with Crippen LogP contribution in [-0.4, -0.2) is 17.0 Å². The Balaban J connectivity index is 2.21. The molecule has 0 aliphatic carbocycles. The normalized spacial score (nSPS) is 10.6. The molecule has 100 valence electrons. The lowest BCUT2D eigenvalue weighted by atomic mass is 10.0. The van der Waals surface area contributed by atoms with Crippen LogP contribution in [0.4, 0.5) is 17.3 Å². The zero-order valence-electron chi connectivity index (χ0n) is 11.9. The van der Waals surface area contributed by atoms with Crippen molar-refractivity contribution in [1.82, 2.24) is 9.97 Å². The Bertz CT molecular complexity index is 547. The molecule has 2 aromatic rings. The van der Waals surface area contributed by atoms with Crippen LogP contribution in [0.5, 0.6) is 0 Å². The molecule has 4 heteroatoms. The van der Waals surface area contributed by atoms with Gasteiger partial charge in [0, 0.05) is 18.3 Å². The molecule has 1 aromatic carbocycles. The van der Waals surface area contributed by atoms with Crippen molar-refractivity contribution in [1.29, 1.82) is 0 Å². The van der Waals surface area contributed by atoms with Crippen LogP contribution in [0.15, 0.2) is 30.6 Å². The van der Waals surface area contributed by atoms with Crippen molar-refractivity contribution >= 4 is 17.3 Å². The number of benzene rings is 1. The number of anilines is 3. The van der Waals surface area contributed by atoms with E-state index in [1.165, 1.54) is 5.56 Å². The van der Waals surface area contributed by atoms with Crippen molar-refractivity contribution in [3.63, 3.8) is 0 Å². The molecule has 0 aliphatic heterocycles. The van der Waals surface area contributed by atoms with Gasteiger partial charge in [-0.25, -0.2) is 9.97 Å². The lowest BCUT2D eigenvalue weighted by molar-refractivity contribution is 0.867. The molecule has 0 fully saturated rings. The monoisotopic (exact) mass is 256 g/mol. The molecule has 0 unspecified atom stereocenters. The molecule has 1 aromatic heterocycles. The van der Waals surface area contributed by atoms with Gasteiger partial charge in [0.15, 0.2) is 0 Å². The average molecular weight is 256 g/mol. The summed E-state index contributed by atoms with van der Waals surface area (Å²) in [6, 6.07) is 8.44. The molecule has 0 atom stereocenters. The second kappa shape index (κ2) is 5.69. The fourth-order valence-corrected chi connectivity index (χ4v) is 1.92. The minimum Gasteiger partial charge on any atom is -0.373 e. The van der Waals surface area contributed by atoms with E-state index in [0.29, 0.717) is 5.92 Å². The molecule has 0 saturated carbocycles. The van der Waals surface area contributed by atoms with Crippen LogP contribution in [0.2, 0.25) is 0 Å². The first-order valence-corrected chi connectivity index (χ1v) is 6.48. The van der Waals surface area contributed by atoms with Gasteiger partial charge in [0.05, 0.1) is 0 Å². The highest BCUT2D eigenvalue weighted by molar-refractivity contribution is 5.64. The summed E-state index contributed by atoms with van der Waals surface area (Å²) in [7, 11) is 1.86.